The topological polar surface area (TPSA) is 81.9 Å². The Morgan fingerprint density at radius 2 is 1.96 bits per heavy atom. The van der Waals surface area contributed by atoms with Crippen molar-refractivity contribution in [3.63, 3.8) is 0 Å². The van der Waals surface area contributed by atoms with Crippen LogP contribution in [0.2, 0.25) is 0 Å². The molecule has 0 aliphatic carbocycles. The molecule has 0 aliphatic rings. The molecule has 0 fully saturated rings. The van der Waals surface area contributed by atoms with Crippen molar-refractivity contribution in [1.82, 2.24) is 14.9 Å². The van der Waals surface area contributed by atoms with E-state index in [-0.39, 0.29) is 5.91 Å². The Balaban J connectivity index is 1.73. The highest BCUT2D eigenvalue weighted by Crippen LogP contribution is 2.15. The van der Waals surface area contributed by atoms with Crippen LogP contribution in [-0.2, 0) is 6.54 Å². The summed E-state index contributed by atoms with van der Waals surface area (Å²) in [6, 6.07) is 20.4. The van der Waals surface area contributed by atoms with Gasteiger partial charge in [0.15, 0.2) is 0 Å². The maximum absolute atomic E-state index is 12.6. The highest BCUT2D eigenvalue weighted by Gasteiger charge is 2.14. The molecule has 3 aromatic rings. The summed E-state index contributed by atoms with van der Waals surface area (Å²) in [5.74, 6) is 0.115. The average molecular weight is 343 g/mol. The first-order valence-electron chi connectivity index (χ1n) is 8.05. The molecule has 0 spiro atoms. The second kappa shape index (κ2) is 7.90. The summed E-state index contributed by atoms with van der Waals surface area (Å²) < 4.78 is 0. The predicted octanol–water partition coefficient (Wildman–Crippen LogP) is 3.36. The van der Waals surface area contributed by atoms with Gasteiger partial charge in [0.25, 0.3) is 5.91 Å². The monoisotopic (exact) mass is 343 g/mol. The Kier molecular flexibility index (Phi) is 5.20. The van der Waals surface area contributed by atoms with Crippen LogP contribution in [-0.4, -0.2) is 27.8 Å². The molecule has 6 nitrogen and oxygen atoms in total. The van der Waals surface area contributed by atoms with E-state index in [1.807, 2.05) is 30.3 Å². The van der Waals surface area contributed by atoms with E-state index in [0.717, 1.165) is 5.56 Å². The van der Waals surface area contributed by atoms with Gasteiger partial charge in [-0.1, -0.05) is 36.4 Å². The van der Waals surface area contributed by atoms with Gasteiger partial charge in [-0.3, -0.25) is 4.79 Å². The van der Waals surface area contributed by atoms with Gasteiger partial charge in [-0.05, 0) is 29.8 Å². The molecule has 0 saturated heterocycles. The maximum atomic E-state index is 12.6. The number of amides is 1. The van der Waals surface area contributed by atoms with Crippen LogP contribution < -0.4 is 5.32 Å². The van der Waals surface area contributed by atoms with Gasteiger partial charge in [0.1, 0.15) is 5.69 Å². The lowest BCUT2D eigenvalue weighted by molar-refractivity contribution is 0.0779. The number of nitrogens with zero attached hydrogens (tertiary/aromatic N) is 4. The molecule has 128 valence electrons. The largest absolute Gasteiger partial charge is 0.336 e. The summed E-state index contributed by atoms with van der Waals surface area (Å²) in [6.07, 6.45) is 1.53. The van der Waals surface area contributed by atoms with Crippen LogP contribution in [0.25, 0.3) is 0 Å². The van der Waals surface area contributed by atoms with Crippen LogP contribution in [0.4, 0.5) is 11.6 Å². The van der Waals surface area contributed by atoms with Crippen molar-refractivity contribution in [1.29, 1.82) is 5.26 Å². The molecular weight excluding hydrogens is 326 g/mol. The van der Waals surface area contributed by atoms with Crippen molar-refractivity contribution in [2.24, 2.45) is 0 Å². The molecule has 0 unspecified atom stereocenters. The van der Waals surface area contributed by atoms with Gasteiger partial charge in [0, 0.05) is 25.5 Å². The Morgan fingerprint density at radius 1 is 1.15 bits per heavy atom. The van der Waals surface area contributed by atoms with E-state index >= 15 is 0 Å². The lowest BCUT2D eigenvalue weighted by Gasteiger charge is -2.17. The number of nitriles is 1. The normalized spacial score (nSPS) is 10.0. The third kappa shape index (κ3) is 4.22. The zero-order valence-electron chi connectivity index (χ0n) is 14.3. The van der Waals surface area contributed by atoms with Gasteiger partial charge >= 0.3 is 0 Å². The van der Waals surface area contributed by atoms with E-state index < -0.39 is 0 Å². The molecule has 6 heteroatoms. The molecule has 0 radical (unpaired) electrons. The molecule has 26 heavy (non-hydrogen) atoms. The van der Waals surface area contributed by atoms with E-state index in [1.54, 1.807) is 42.3 Å². The number of aromatic nitrogens is 2. The van der Waals surface area contributed by atoms with Crippen LogP contribution in [0.5, 0.6) is 0 Å². The second-order valence-electron chi connectivity index (χ2n) is 5.73. The quantitative estimate of drug-likeness (QED) is 0.768. The zero-order chi connectivity index (χ0) is 18.4. The molecular formula is C20H17N5O. The number of nitrogens with one attached hydrogen (secondary N) is 1. The molecule has 1 aromatic heterocycles. The molecule has 2 aromatic carbocycles. The fourth-order valence-electron chi connectivity index (χ4n) is 2.46. The number of carbonyl (C=O) groups is 1. The zero-order valence-corrected chi connectivity index (χ0v) is 14.3. The summed E-state index contributed by atoms with van der Waals surface area (Å²) in [5, 5.41) is 12.0. The summed E-state index contributed by atoms with van der Waals surface area (Å²) >= 11 is 0. The SMILES string of the molecule is CN(Cc1ccccc1)C(=O)c1ccnc(Nc2cccc(C#N)c2)n1. The van der Waals surface area contributed by atoms with Gasteiger partial charge in [0.2, 0.25) is 5.95 Å². The van der Waals surface area contributed by atoms with Crippen molar-refractivity contribution >= 4 is 17.5 Å². The Bertz CT molecular complexity index is 950. The molecule has 0 aliphatic heterocycles. The average Bonchev–Trinajstić information content (AvgIpc) is 2.68. The van der Waals surface area contributed by atoms with Gasteiger partial charge in [-0.25, -0.2) is 9.97 Å². The number of rotatable bonds is 5. The van der Waals surface area contributed by atoms with Crippen molar-refractivity contribution in [2.45, 2.75) is 6.54 Å². The maximum Gasteiger partial charge on any atom is 0.272 e. The highest BCUT2D eigenvalue weighted by atomic mass is 16.2. The number of anilines is 2. The number of benzene rings is 2. The fraction of sp³-hybridized carbons (Fsp3) is 0.100. The predicted molar refractivity (Wildman–Crippen MR) is 98.7 cm³/mol. The lowest BCUT2D eigenvalue weighted by Crippen LogP contribution is -2.27. The van der Waals surface area contributed by atoms with Crippen molar-refractivity contribution in [3.8, 4) is 6.07 Å². The van der Waals surface area contributed by atoms with Gasteiger partial charge in [0.05, 0.1) is 11.6 Å². The lowest BCUT2D eigenvalue weighted by atomic mass is 10.2. The summed E-state index contributed by atoms with van der Waals surface area (Å²) in [5.41, 5.74) is 2.57. The molecule has 1 heterocycles. The second-order valence-corrected chi connectivity index (χ2v) is 5.73. The van der Waals surface area contributed by atoms with Crippen molar-refractivity contribution in [2.75, 3.05) is 12.4 Å². The number of carbonyl (C=O) groups excluding carboxylic acids is 1. The van der Waals surface area contributed by atoms with E-state index in [2.05, 4.69) is 21.4 Å². The summed E-state index contributed by atoms with van der Waals surface area (Å²) in [6.45, 7) is 0.497. The van der Waals surface area contributed by atoms with Gasteiger partial charge in [-0.2, -0.15) is 5.26 Å². The summed E-state index contributed by atoms with van der Waals surface area (Å²) in [4.78, 5) is 22.7. The minimum absolute atomic E-state index is 0.190. The van der Waals surface area contributed by atoms with Crippen LogP contribution in [0.15, 0.2) is 66.9 Å². The summed E-state index contributed by atoms with van der Waals surface area (Å²) in [7, 11) is 1.74. The van der Waals surface area contributed by atoms with Crippen LogP contribution in [0.3, 0.4) is 0 Å². The molecule has 0 saturated carbocycles. The minimum Gasteiger partial charge on any atom is -0.336 e. The molecule has 0 bridgehead atoms. The van der Waals surface area contributed by atoms with Gasteiger partial charge < -0.3 is 10.2 Å². The molecule has 3 rings (SSSR count). The third-order valence-electron chi connectivity index (χ3n) is 3.73. The van der Waals surface area contributed by atoms with Crippen molar-refractivity contribution in [3.05, 3.63) is 83.7 Å². The van der Waals surface area contributed by atoms with Crippen LogP contribution in [0, 0.1) is 11.3 Å². The van der Waals surface area contributed by atoms with E-state index in [9.17, 15) is 4.79 Å². The first kappa shape index (κ1) is 17.1. The first-order chi connectivity index (χ1) is 12.7. The minimum atomic E-state index is -0.190. The Labute approximate surface area is 151 Å². The third-order valence-corrected chi connectivity index (χ3v) is 3.73. The smallest absolute Gasteiger partial charge is 0.272 e. The Hall–Kier alpha value is -3.72. The standard InChI is InChI=1S/C20H17N5O/c1-25(14-15-6-3-2-4-7-15)19(26)18-10-11-22-20(24-18)23-17-9-5-8-16(12-17)13-21/h2-12H,14H2,1H3,(H,22,23,24). The van der Waals surface area contributed by atoms with Crippen molar-refractivity contribution < 1.29 is 4.79 Å². The van der Waals surface area contributed by atoms with Crippen LogP contribution >= 0.6 is 0 Å². The molecule has 0 atom stereocenters. The van der Waals surface area contributed by atoms with E-state index in [0.29, 0.717) is 29.4 Å². The van der Waals surface area contributed by atoms with Gasteiger partial charge in [-0.15, -0.1) is 0 Å². The first-order valence-corrected chi connectivity index (χ1v) is 8.05. The molecule has 1 N–H and O–H groups in total. The number of hydrogen-bond acceptors (Lipinski definition) is 5. The van der Waals surface area contributed by atoms with E-state index in [4.69, 9.17) is 5.26 Å². The van der Waals surface area contributed by atoms with E-state index in [1.165, 1.54) is 6.20 Å². The highest BCUT2D eigenvalue weighted by molar-refractivity contribution is 5.92. The molecule has 1 amide bonds. The fourth-order valence-corrected chi connectivity index (χ4v) is 2.46. The Morgan fingerprint density at radius 3 is 2.73 bits per heavy atom. The van der Waals surface area contributed by atoms with Crippen LogP contribution in [0.1, 0.15) is 21.6 Å². The number of hydrogen-bond donors (Lipinski definition) is 1.